The van der Waals surface area contributed by atoms with Crippen LogP contribution >= 0.6 is 22.6 Å². The van der Waals surface area contributed by atoms with E-state index in [1.807, 2.05) is 0 Å². The Morgan fingerprint density at radius 2 is 2.00 bits per heavy atom. The molecule has 1 nitrogen and oxygen atoms in total. The van der Waals surface area contributed by atoms with Crippen LogP contribution in [0.2, 0.25) is 0 Å². The van der Waals surface area contributed by atoms with Gasteiger partial charge in [-0.15, -0.1) is 0 Å². The van der Waals surface area contributed by atoms with Crippen LogP contribution in [0, 0.1) is 0 Å². The maximum atomic E-state index is 3.44. The number of hydrogen-bond donors (Lipinski definition) is 1. The van der Waals surface area contributed by atoms with Gasteiger partial charge in [0.2, 0.25) is 0 Å². The van der Waals surface area contributed by atoms with Crippen molar-refractivity contribution in [1.82, 2.24) is 0 Å². The summed E-state index contributed by atoms with van der Waals surface area (Å²) in [5.74, 6) is 0.595. The van der Waals surface area contributed by atoms with E-state index in [0.717, 1.165) is 11.0 Å². The fourth-order valence-electron chi connectivity index (χ4n) is 1.34. The normalized spacial score (nSPS) is 10.5. The summed E-state index contributed by atoms with van der Waals surface area (Å²) in [5.41, 5.74) is 2.70. The van der Waals surface area contributed by atoms with Gasteiger partial charge in [-0.3, -0.25) is 0 Å². The van der Waals surface area contributed by atoms with Crippen molar-refractivity contribution >= 4 is 28.3 Å². The molecule has 0 aliphatic heterocycles. The lowest BCUT2D eigenvalue weighted by atomic mass is 10.0. The highest BCUT2D eigenvalue weighted by atomic mass is 127. The van der Waals surface area contributed by atoms with Gasteiger partial charge < -0.3 is 5.32 Å². The van der Waals surface area contributed by atoms with E-state index in [1.165, 1.54) is 11.3 Å². The molecule has 0 bridgehead atoms. The minimum atomic E-state index is 0.595. The zero-order chi connectivity index (χ0) is 9.68. The highest BCUT2D eigenvalue weighted by Gasteiger charge is 2.03. The summed E-state index contributed by atoms with van der Waals surface area (Å²) < 4.78 is 1.14. The van der Waals surface area contributed by atoms with E-state index in [4.69, 9.17) is 0 Å². The summed E-state index contributed by atoms with van der Waals surface area (Å²) >= 11 is 2.38. The molecule has 0 spiro atoms. The first-order chi connectivity index (χ1) is 6.25. The molecule has 0 saturated heterocycles. The van der Waals surface area contributed by atoms with Crippen LogP contribution in [-0.4, -0.2) is 11.0 Å². The predicted molar refractivity (Wildman–Crippen MR) is 67.9 cm³/mol. The topological polar surface area (TPSA) is 12.0 Å². The zero-order valence-electron chi connectivity index (χ0n) is 8.18. The molecule has 0 unspecified atom stereocenters. The Kier molecular flexibility index (Phi) is 4.56. The number of rotatable bonds is 4. The number of para-hydroxylation sites is 1. The average Bonchev–Trinajstić information content (AvgIpc) is 2.15. The number of alkyl halides is 1. The van der Waals surface area contributed by atoms with Crippen molar-refractivity contribution < 1.29 is 0 Å². The molecule has 2 heteroatoms. The minimum Gasteiger partial charge on any atom is -0.384 e. The first-order valence-electron chi connectivity index (χ1n) is 4.64. The SMILES string of the molecule is CC(C)c1ccccc1NCCI. The maximum Gasteiger partial charge on any atom is 0.0375 e. The molecule has 0 atom stereocenters. The van der Waals surface area contributed by atoms with Crippen molar-refractivity contribution in [2.75, 3.05) is 16.3 Å². The van der Waals surface area contributed by atoms with E-state index >= 15 is 0 Å². The number of hydrogen-bond acceptors (Lipinski definition) is 1. The highest BCUT2D eigenvalue weighted by molar-refractivity contribution is 14.1. The second-order valence-electron chi connectivity index (χ2n) is 3.36. The second-order valence-corrected chi connectivity index (χ2v) is 4.44. The van der Waals surface area contributed by atoms with Gasteiger partial charge >= 0.3 is 0 Å². The number of anilines is 1. The van der Waals surface area contributed by atoms with Crippen LogP contribution < -0.4 is 5.32 Å². The van der Waals surface area contributed by atoms with Crippen LogP contribution in [0.15, 0.2) is 24.3 Å². The molecule has 0 heterocycles. The molecule has 1 N–H and O–H groups in total. The minimum absolute atomic E-state index is 0.595. The second kappa shape index (κ2) is 5.47. The van der Waals surface area contributed by atoms with E-state index in [1.54, 1.807) is 0 Å². The van der Waals surface area contributed by atoms with Gasteiger partial charge in [0, 0.05) is 16.7 Å². The highest BCUT2D eigenvalue weighted by Crippen LogP contribution is 2.23. The van der Waals surface area contributed by atoms with Crippen LogP contribution in [0.5, 0.6) is 0 Å². The molecule has 1 aromatic carbocycles. The number of halogens is 1. The Morgan fingerprint density at radius 1 is 1.31 bits per heavy atom. The molecule has 1 aromatic rings. The van der Waals surface area contributed by atoms with Gasteiger partial charge in [0.1, 0.15) is 0 Å². The molecule has 0 aromatic heterocycles. The molecule has 0 radical (unpaired) electrons. The van der Waals surface area contributed by atoms with Crippen molar-refractivity contribution in [3.05, 3.63) is 29.8 Å². The van der Waals surface area contributed by atoms with Gasteiger partial charge in [0.25, 0.3) is 0 Å². The average molecular weight is 289 g/mol. The van der Waals surface area contributed by atoms with Gasteiger partial charge in [0.15, 0.2) is 0 Å². The molecule has 0 saturated carbocycles. The predicted octanol–water partition coefficient (Wildman–Crippen LogP) is 3.66. The van der Waals surface area contributed by atoms with Crippen molar-refractivity contribution in [3.63, 3.8) is 0 Å². The Hall–Kier alpha value is -0.250. The zero-order valence-corrected chi connectivity index (χ0v) is 10.3. The molecular weight excluding hydrogens is 273 g/mol. The molecule has 0 fully saturated rings. The van der Waals surface area contributed by atoms with E-state index < -0.39 is 0 Å². The summed E-state index contributed by atoms with van der Waals surface area (Å²) in [7, 11) is 0. The first-order valence-corrected chi connectivity index (χ1v) is 6.17. The van der Waals surface area contributed by atoms with Crippen molar-refractivity contribution in [2.24, 2.45) is 0 Å². The molecule has 1 rings (SSSR count). The summed E-state index contributed by atoms with van der Waals surface area (Å²) in [5, 5.41) is 3.44. The Labute approximate surface area is 94.1 Å². The van der Waals surface area contributed by atoms with Gasteiger partial charge in [-0.1, -0.05) is 54.6 Å². The fraction of sp³-hybridized carbons (Fsp3) is 0.455. The summed E-state index contributed by atoms with van der Waals surface area (Å²) in [6.45, 7) is 5.50. The first kappa shape index (κ1) is 10.8. The Bertz CT molecular complexity index is 258. The van der Waals surface area contributed by atoms with Crippen LogP contribution in [0.1, 0.15) is 25.3 Å². The van der Waals surface area contributed by atoms with Gasteiger partial charge in [-0.25, -0.2) is 0 Å². The quantitative estimate of drug-likeness (QED) is 0.659. The summed E-state index contributed by atoms with van der Waals surface area (Å²) in [6.07, 6.45) is 0. The van der Waals surface area contributed by atoms with E-state index in [0.29, 0.717) is 5.92 Å². The monoisotopic (exact) mass is 289 g/mol. The molecular formula is C11H16IN. The maximum absolute atomic E-state index is 3.44. The van der Waals surface area contributed by atoms with Crippen LogP contribution in [-0.2, 0) is 0 Å². The number of nitrogens with one attached hydrogen (secondary N) is 1. The van der Waals surface area contributed by atoms with Crippen molar-refractivity contribution in [1.29, 1.82) is 0 Å². The Morgan fingerprint density at radius 3 is 2.62 bits per heavy atom. The smallest absolute Gasteiger partial charge is 0.0375 e. The standard InChI is InChI=1S/C11H16IN/c1-9(2)10-5-3-4-6-11(10)13-8-7-12/h3-6,9,13H,7-8H2,1-2H3. The van der Waals surface area contributed by atoms with Gasteiger partial charge in [0.05, 0.1) is 0 Å². The molecule has 0 aliphatic rings. The summed E-state index contributed by atoms with van der Waals surface area (Å²) in [4.78, 5) is 0. The largest absolute Gasteiger partial charge is 0.384 e. The van der Waals surface area contributed by atoms with Crippen molar-refractivity contribution in [3.8, 4) is 0 Å². The van der Waals surface area contributed by atoms with Gasteiger partial charge in [-0.2, -0.15) is 0 Å². The summed E-state index contributed by atoms with van der Waals surface area (Å²) in [6, 6.07) is 8.54. The molecule has 0 amide bonds. The third kappa shape index (κ3) is 3.18. The Balaban J connectivity index is 2.78. The molecule has 72 valence electrons. The van der Waals surface area contributed by atoms with Crippen LogP contribution in [0.25, 0.3) is 0 Å². The van der Waals surface area contributed by atoms with Gasteiger partial charge in [-0.05, 0) is 17.5 Å². The fourth-order valence-corrected chi connectivity index (χ4v) is 1.61. The lowest BCUT2D eigenvalue weighted by Crippen LogP contribution is -2.05. The van der Waals surface area contributed by atoms with Crippen molar-refractivity contribution in [2.45, 2.75) is 19.8 Å². The van der Waals surface area contributed by atoms with E-state index in [2.05, 4.69) is 66.0 Å². The molecule has 0 aliphatic carbocycles. The number of benzene rings is 1. The van der Waals surface area contributed by atoms with E-state index in [9.17, 15) is 0 Å². The third-order valence-corrected chi connectivity index (χ3v) is 2.53. The lowest BCUT2D eigenvalue weighted by molar-refractivity contribution is 0.867. The molecule has 13 heavy (non-hydrogen) atoms. The lowest BCUT2D eigenvalue weighted by Gasteiger charge is -2.13. The third-order valence-electron chi connectivity index (χ3n) is 1.99. The van der Waals surface area contributed by atoms with Crippen LogP contribution in [0.4, 0.5) is 5.69 Å². The van der Waals surface area contributed by atoms with E-state index in [-0.39, 0.29) is 0 Å². The van der Waals surface area contributed by atoms with Crippen LogP contribution in [0.3, 0.4) is 0 Å².